The number of amidine groups is 1. The number of hydrogen-bond donors (Lipinski definition) is 0. The first-order chi connectivity index (χ1) is 5.38. The van der Waals surface area contributed by atoms with Crippen LogP contribution in [0.4, 0.5) is 0 Å². The molecule has 0 spiro atoms. The summed E-state index contributed by atoms with van der Waals surface area (Å²) in [6.07, 6.45) is 5.55. The lowest BCUT2D eigenvalue weighted by Gasteiger charge is -2.23. The van der Waals surface area contributed by atoms with Crippen LogP contribution in [0.2, 0.25) is 0 Å². The highest BCUT2D eigenvalue weighted by Crippen LogP contribution is 2.21. The summed E-state index contributed by atoms with van der Waals surface area (Å²) in [4.78, 5) is 6.96. The van der Waals surface area contributed by atoms with Gasteiger partial charge in [-0.1, -0.05) is 20.3 Å². The summed E-state index contributed by atoms with van der Waals surface area (Å²) < 4.78 is 0. The molecule has 2 heteroatoms. The molecule has 0 aromatic rings. The highest BCUT2D eigenvalue weighted by Gasteiger charge is 2.25. The van der Waals surface area contributed by atoms with Gasteiger partial charge in [-0.25, -0.2) is 0 Å². The SMILES string of the molecule is C.CC1=NCC2CCCCCN12. The van der Waals surface area contributed by atoms with E-state index in [1.807, 2.05) is 0 Å². The second-order valence-electron chi connectivity index (χ2n) is 3.58. The lowest BCUT2D eigenvalue weighted by molar-refractivity contribution is 0.348. The van der Waals surface area contributed by atoms with E-state index in [0.29, 0.717) is 0 Å². The van der Waals surface area contributed by atoms with Crippen molar-refractivity contribution in [1.29, 1.82) is 0 Å². The van der Waals surface area contributed by atoms with Crippen molar-refractivity contribution in [2.45, 2.75) is 46.1 Å². The number of aliphatic imine (C=N–C) groups is 1. The van der Waals surface area contributed by atoms with E-state index >= 15 is 0 Å². The van der Waals surface area contributed by atoms with Gasteiger partial charge in [0.15, 0.2) is 0 Å². The molecule has 2 aliphatic rings. The molecule has 1 fully saturated rings. The molecule has 0 amide bonds. The van der Waals surface area contributed by atoms with Gasteiger partial charge in [0.25, 0.3) is 0 Å². The highest BCUT2D eigenvalue weighted by molar-refractivity contribution is 5.81. The minimum absolute atomic E-state index is 0. The molecule has 2 aliphatic heterocycles. The van der Waals surface area contributed by atoms with Crippen molar-refractivity contribution in [2.24, 2.45) is 4.99 Å². The van der Waals surface area contributed by atoms with Gasteiger partial charge < -0.3 is 4.90 Å². The van der Waals surface area contributed by atoms with Crippen molar-refractivity contribution in [3.63, 3.8) is 0 Å². The van der Waals surface area contributed by atoms with Crippen LogP contribution in [-0.2, 0) is 0 Å². The number of hydrogen-bond acceptors (Lipinski definition) is 2. The summed E-state index contributed by atoms with van der Waals surface area (Å²) in [7, 11) is 0. The zero-order valence-corrected chi connectivity index (χ0v) is 7.21. The van der Waals surface area contributed by atoms with Gasteiger partial charge in [0.2, 0.25) is 0 Å². The van der Waals surface area contributed by atoms with Gasteiger partial charge in [0.1, 0.15) is 0 Å². The van der Waals surface area contributed by atoms with E-state index in [0.717, 1.165) is 12.6 Å². The first-order valence-electron chi connectivity index (χ1n) is 4.65. The lowest BCUT2D eigenvalue weighted by Crippen LogP contribution is -2.34. The van der Waals surface area contributed by atoms with Gasteiger partial charge in [-0.3, -0.25) is 4.99 Å². The van der Waals surface area contributed by atoms with E-state index in [1.54, 1.807) is 0 Å². The molecular formula is C10H20N2. The zero-order valence-electron chi connectivity index (χ0n) is 7.21. The Kier molecular flexibility index (Phi) is 3.12. The van der Waals surface area contributed by atoms with E-state index < -0.39 is 0 Å². The van der Waals surface area contributed by atoms with Crippen LogP contribution >= 0.6 is 0 Å². The van der Waals surface area contributed by atoms with Crippen molar-refractivity contribution in [3.8, 4) is 0 Å². The quantitative estimate of drug-likeness (QED) is 0.542. The molecule has 0 aromatic heterocycles. The average molecular weight is 168 g/mol. The summed E-state index contributed by atoms with van der Waals surface area (Å²) in [6.45, 7) is 4.46. The predicted octanol–water partition coefficient (Wildman–Crippen LogP) is 2.30. The predicted molar refractivity (Wildman–Crippen MR) is 53.7 cm³/mol. The highest BCUT2D eigenvalue weighted by atomic mass is 15.3. The number of rotatable bonds is 0. The topological polar surface area (TPSA) is 15.6 Å². The standard InChI is InChI=1S/C9H16N2.CH4/c1-8-10-7-9-5-3-2-4-6-11(8)9;/h9H,2-7H2,1H3;1H4. The van der Waals surface area contributed by atoms with Crippen molar-refractivity contribution < 1.29 is 0 Å². The molecule has 1 atom stereocenters. The monoisotopic (exact) mass is 168 g/mol. The molecule has 2 nitrogen and oxygen atoms in total. The van der Waals surface area contributed by atoms with Gasteiger partial charge in [0.05, 0.1) is 12.4 Å². The molecule has 70 valence electrons. The number of nitrogens with zero attached hydrogens (tertiary/aromatic N) is 2. The molecular weight excluding hydrogens is 148 g/mol. The third kappa shape index (κ3) is 1.62. The molecule has 0 saturated carbocycles. The van der Waals surface area contributed by atoms with Crippen LogP contribution in [0.1, 0.15) is 40.0 Å². The van der Waals surface area contributed by atoms with Crippen LogP contribution in [0, 0.1) is 0 Å². The van der Waals surface area contributed by atoms with Gasteiger partial charge >= 0.3 is 0 Å². The average Bonchev–Trinajstić information content (AvgIpc) is 2.25. The van der Waals surface area contributed by atoms with Crippen molar-refractivity contribution >= 4 is 5.84 Å². The Labute approximate surface area is 75.7 Å². The molecule has 0 aromatic carbocycles. The second-order valence-corrected chi connectivity index (χ2v) is 3.58. The number of fused-ring (bicyclic) bond motifs is 1. The summed E-state index contributed by atoms with van der Waals surface area (Å²) >= 11 is 0. The van der Waals surface area contributed by atoms with E-state index in [9.17, 15) is 0 Å². The third-order valence-corrected chi connectivity index (χ3v) is 2.82. The van der Waals surface area contributed by atoms with Crippen LogP contribution < -0.4 is 0 Å². The Morgan fingerprint density at radius 3 is 3.00 bits per heavy atom. The fourth-order valence-corrected chi connectivity index (χ4v) is 2.12. The van der Waals surface area contributed by atoms with E-state index in [2.05, 4.69) is 16.8 Å². The Balaban J connectivity index is 0.000000720. The van der Waals surface area contributed by atoms with Gasteiger partial charge in [-0.05, 0) is 19.8 Å². The summed E-state index contributed by atoms with van der Waals surface area (Å²) in [5.74, 6) is 1.27. The van der Waals surface area contributed by atoms with Gasteiger partial charge in [-0.2, -0.15) is 0 Å². The maximum Gasteiger partial charge on any atom is 0.0961 e. The lowest BCUT2D eigenvalue weighted by atomic mass is 10.1. The van der Waals surface area contributed by atoms with Crippen LogP contribution in [0.3, 0.4) is 0 Å². The van der Waals surface area contributed by atoms with Crippen LogP contribution in [0.5, 0.6) is 0 Å². The first kappa shape index (κ1) is 9.56. The Bertz CT molecular complexity index is 175. The van der Waals surface area contributed by atoms with E-state index in [4.69, 9.17) is 0 Å². The van der Waals surface area contributed by atoms with Crippen LogP contribution in [-0.4, -0.2) is 29.9 Å². The van der Waals surface area contributed by atoms with Crippen LogP contribution in [0.15, 0.2) is 4.99 Å². The van der Waals surface area contributed by atoms with Crippen molar-refractivity contribution in [3.05, 3.63) is 0 Å². The summed E-state index contributed by atoms with van der Waals surface area (Å²) in [6, 6.07) is 0.762. The van der Waals surface area contributed by atoms with E-state index in [1.165, 1.54) is 38.1 Å². The van der Waals surface area contributed by atoms with Gasteiger partial charge in [-0.15, -0.1) is 0 Å². The van der Waals surface area contributed by atoms with Crippen molar-refractivity contribution in [2.75, 3.05) is 13.1 Å². The molecule has 0 radical (unpaired) electrons. The smallest absolute Gasteiger partial charge is 0.0961 e. The maximum atomic E-state index is 4.46. The molecule has 2 rings (SSSR count). The fourth-order valence-electron chi connectivity index (χ4n) is 2.12. The Morgan fingerprint density at radius 1 is 1.33 bits per heavy atom. The van der Waals surface area contributed by atoms with Crippen molar-refractivity contribution in [1.82, 2.24) is 4.90 Å². The van der Waals surface area contributed by atoms with E-state index in [-0.39, 0.29) is 7.43 Å². The molecule has 1 saturated heterocycles. The summed E-state index contributed by atoms with van der Waals surface area (Å²) in [5, 5.41) is 0. The minimum atomic E-state index is 0. The minimum Gasteiger partial charge on any atom is -0.356 e. The summed E-state index contributed by atoms with van der Waals surface area (Å²) in [5.41, 5.74) is 0. The normalized spacial score (nSPS) is 28.6. The maximum absolute atomic E-state index is 4.46. The molecule has 0 bridgehead atoms. The second kappa shape index (κ2) is 3.92. The molecule has 1 unspecified atom stereocenters. The fraction of sp³-hybridized carbons (Fsp3) is 0.900. The molecule has 2 heterocycles. The Morgan fingerprint density at radius 2 is 2.17 bits per heavy atom. The first-order valence-corrected chi connectivity index (χ1v) is 4.65. The third-order valence-electron chi connectivity index (χ3n) is 2.82. The van der Waals surface area contributed by atoms with Crippen LogP contribution in [0.25, 0.3) is 0 Å². The molecule has 0 N–H and O–H groups in total. The largest absolute Gasteiger partial charge is 0.356 e. The molecule has 12 heavy (non-hydrogen) atoms. The molecule has 0 aliphatic carbocycles. The zero-order chi connectivity index (χ0) is 7.68. The van der Waals surface area contributed by atoms with Gasteiger partial charge in [0, 0.05) is 12.6 Å². The Hall–Kier alpha value is -0.530.